The number of nitrogens with zero attached hydrogens (tertiary/aromatic N) is 5. The molecule has 328 valence electrons. The number of aromatic amines is 1. The lowest BCUT2D eigenvalue weighted by Gasteiger charge is -2.36. The number of aryl methyl sites for hydroxylation is 1. The molecule has 5 N–H and O–H groups in total. The number of anilines is 4. The van der Waals surface area contributed by atoms with E-state index in [2.05, 4.69) is 47.3 Å². The van der Waals surface area contributed by atoms with Crippen LogP contribution in [0.5, 0.6) is 0 Å². The Morgan fingerprint density at radius 3 is 2.44 bits per heavy atom. The Kier molecular flexibility index (Phi) is 11.9. The summed E-state index contributed by atoms with van der Waals surface area (Å²) in [6, 6.07) is 20.1. The third kappa shape index (κ3) is 9.15. The van der Waals surface area contributed by atoms with Gasteiger partial charge < -0.3 is 25.6 Å². The number of fused-ring (bicyclic) bond motifs is 2. The summed E-state index contributed by atoms with van der Waals surface area (Å²) in [4.78, 5) is 56.2. The van der Waals surface area contributed by atoms with E-state index in [0.29, 0.717) is 59.4 Å². The van der Waals surface area contributed by atoms with Crippen molar-refractivity contribution < 1.29 is 27.9 Å². The van der Waals surface area contributed by atoms with E-state index in [0.717, 1.165) is 92.7 Å². The highest BCUT2D eigenvalue weighted by Crippen LogP contribution is 2.30. The molecule has 3 fully saturated rings. The van der Waals surface area contributed by atoms with Crippen molar-refractivity contribution in [2.45, 2.75) is 50.6 Å². The van der Waals surface area contributed by atoms with Gasteiger partial charge in [0.1, 0.15) is 17.7 Å². The quantitative estimate of drug-likeness (QED) is 0.0736. The lowest BCUT2D eigenvalue weighted by molar-refractivity contribution is -0.135. The van der Waals surface area contributed by atoms with Gasteiger partial charge in [-0.3, -0.25) is 38.8 Å². The molecule has 17 heteroatoms. The maximum atomic E-state index is 14.0. The first kappa shape index (κ1) is 41.7. The number of H-pyrrole nitrogens is 1. The number of hydrogen-bond acceptors (Lipinski definition) is 10. The minimum absolute atomic E-state index is 0.153. The van der Waals surface area contributed by atoms with Gasteiger partial charge in [0.25, 0.3) is 5.91 Å². The van der Waals surface area contributed by atoms with E-state index in [9.17, 15) is 28.0 Å². The molecule has 63 heavy (non-hydrogen) atoms. The highest BCUT2D eigenvalue weighted by Gasteiger charge is 2.31. The van der Waals surface area contributed by atoms with Crippen molar-refractivity contribution in [1.29, 1.82) is 0 Å². The van der Waals surface area contributed by atoms with Gasteiger partial charge in [-0.2, -0.15) is 5.10 Å². The summed E-state index contributed by atoms with van der Waals surface area (Å²) in [5.74, 6) is -1.98. The number of aromatic nitrogens is 4. The average molecular weight is 861 g/mol. The molecule has 2 aromatic heterocycles. The number of piperidine rings is 1. The van der Waals surface area contributed by atoms with Crippen molar-refractivity contribution >= 4 is 62.5 Å². The molecule has 9 rings (SSSR count). The summed E-state index contributed by atoms with van der Waals surface area (Å²) >= 11 is 0. The van der Waals surface area contributed by atoms with Crippen LogP contribution in [0.1, 0.15) is 59.6 Å². The first-order valence-corrected chi connectivity index (χ1v) is 21.5. The monoisotopic (exact) mass is 860 g/mol. The van der Waals surface area contributed by atoms with Crippen LogP contribution in [0.3, 0.4) is 0 Å². The second kappa shape index (κ2) is 18.0. The molecule has 0 radical (unpaired) electrons. The van der Waals surface area contributed by atoms with Crippen LogP contribution in [0.25, 0.3) is 21.9 Å². The number of rotatable bonds is 13. The van der Waals surface area contributed by atoms with Crippen molar-refractivity contribution in [1.82, 2.24) is 29.5 Å². The van der Waals surface area contributed by atoms with Gasteiger partial charge in [-0.25, -0.2) is 13.6 Å². The standard InChI is InChI=1S/C46H50F2N10O5/c1-55-41-26-33(4-8-39(41)58(46(55)62)40-9-10-42(59)51-45(40)61)49-13-2-14-56-15-17-57(18-16-56)34-5-6-35(38(27-34)50-32-11-19-63-20-12-32)44(60)52-43-36-24-28(3-7-37(36)53-54-43)21-29-22-30(47)25-31(48)23-29/h3-8,22-27,32,40,49-50H,2,9-21H2,1H3,(H,51,59,61)(H2,52,53,54,60). The minimum atomic E-state index is -0.719. The molecule has 3 aliphatic rings. The van der Waals surface area contributed by atoms with Crippen LogP contribution in [0.15, 0.2) is 77.6 Å². The molecule has 15 nitrogen and oxygen atoms in total. The smallest absolute Gasteiger partial charge is 0.329 e. The minimum Gasteiger partial charge on any atom is -0.385 e. The van der Waals surface area contributed by atoms with E-state index in [4.69, 9.17) is 4.74 Å². The molecule has 0 saturated carbocycles. The predicted molar refractivity (Wildman–Crippen MR) is 237 cm³/mol. The molecule has 6 aromatic rings. The zero-order chi connectivity index (χ0) is 43.6. The second-order valence-electron chi connectivity index (χ2n) is 16.6. The normalized spacial score (nSPS) is 17.6. The van der Waals surface area contributed by atoms with Gasteiger partial charge in [0.05, 0.1) is 22.1 Å². The highest BCUT2D eigenvalue weighted by molar-refractivity contribution is 6.11. The number of carbonyl (C=O) groups excluding carboxylic acids is 3. The molecule has 0 aliphatic carbocycles. The van der Waals surface area contributed by atoms with Crippen LogP contribution in [-0.4, -0.2) is 100 Å². The Labute approximate surface area is 361 Å². The first-order chi connectivity index (χ1) is 30.6. The summed E-state index contributed by atoms with van der Waals surface area (Å²) in [6.45, 7) is 6.38. The van der Waals surface area contributed by atoms with Crippen LogP contribution in [-0.2, 0) is 27.8 Å². The van der Waals surface area contributed by atoms with Gasteiger partial charge >= 0.3 is 5.69 Å². The number of halogens is 2. The molecular formula is C46H50F2N10O5. The molecule has 4 aromatic carbocycles. The molecule has 3 aliphatic heterocycles. The predicted octanol–water partition coefficient (Wildman–Crippen LogP) is 5.53. The largest absolute Gasteiger partial charge is 0.385 e. The zero-order valence-corrected chi connectivity index (χ0v) is 35.0. The van der Waals surface area contributed by atoms with Crippen molar-refractivity contribution in [3.05, 3.63) is 112 Å². The summed E-state index contributed by atoms with van der Waals surface area (Å²) in [5, 5.41) is 20.6. The number of imidazole rings is 1. The lowest BCUT2D eigenvalue weighted by Crippen LogP contribution is -2.46. The number of nitrogens with one attached hydrogen (secondary N) is 5. The van der Waals surface area contributed by atoms with Gasteiger partial charge in [0.15, 0.2) is 5.82 Å². The molecule has 1 atom stereocenters. The van der Waals surface area contributed by atoms with Gasteiger partial charge in [-0.1, -0.05) is 6.07 Å². The Bertz CT molecular complexity index is 2730. The van der Waals surface area contributed by atoms with Crippen molar-refractivity contribution in [2.75, 3.05) is 73.3 Å². The molecular weight excluding hydrogens is 811 g/mol. The molecule has 0 bridgehead atoms. The molecule has 5 heterocycles. The fraction of sp³-hybridized carbons (Fsp3) is 0.370. The maximum Gasteiger partial charge on any atom is 0.329 e. The topological polar surface area (TPSA) is 171 Å². The van der Waals surface area contributed by atoms with E-state index in [1.165, 1.54) is 16.7 Å². The zero-order valence-electron chi connectivity index (χ0n) is 35.0. The van der Waals surface area contributed by atoms with Crippen LogP contribution < -0.4 is 31.9 Å². The van der Waals surface area contributed by atoms with Crippen LogP contribution in [0, 0.1) is 11.6 Å². The van der Waals surface area contributed by atoms with Gasteiger partial charge in [0, 0.05) is 94.0 Å². The molecule has 1 unspecified atom stereocenters. The third-order valence-electron chi connectivity index (χ3n) is 12.3. The SMILES string of the molecule is Cn1c(=O)n(C2CCC(=O)NC2=O)c2ccc(NCCCN3CCN(c4ccc(C(=O)Nc5n[nH]c6ccc(Cc7cc(F)cc(F)c7)cc56)c(NC5CCOCC5)c4)CC3)cc21. The lowest BCUT2D eigenvalue weighted by atomic mass is 10.0. The average Bonchev–Trinajstić information content (AvgIpc) is 3.78. The van der Waals surface area contributed by atoms with E-state index >= 15 is 0 Å². The number of hydrogen-bond donors (Lipinski definition) is 5. The Balaban J connectivity index is 0.817. The summed E-state index contributed by atoms with van der Waals surface area (Å²) in [6.07, 6.45) is 3.36. The van der Waals surface area contributed by atoms with Gasteiger partial charge in [-0.15, -0.1) is 0 Å². The molecule has 3 saturated heterocycles. The third-order valence-corrected chi connectivity index (χ3v) is 12.3. The Morgan fingerprint density at radius 1 is 0.873 bits per heavy atom. The fourth-order valence-corrected chi connectivity index (χ4v) is 8.97. The Hall–Kier alpha value is -6.59. The Morgan fingerprint density at radius 2 is 1.67 bits per heavy atom. The summed E-state index contributed by atoms with van der Waals surface area (Å²) in [7, 11) is 1.69. The number of amides is 3. The summed E-state index contributed by atoms with van der Waals surface area (Å²) < 4.78 is 36.4. The first-order valence-electron chi connectivity index (χ1n) is 21.5. The van der Waals surface area contributed by atoms with Gasteiger partial charge in [0.2, 0.25) is 11.8 Å². The number of ether oxygens (including phenoxy) is 1. The van der Waals surface area contributed by atoms with Crippen LogP contribution in [0.2, 0.25) is 0 Å². The second-order valence-corrected chi connectivity index (χ2v) is 16.6. The van der Waals surface area contributed by atoms with Crippen molar-refractivity contribution in [3.63, 3.8) is 0 Å². The van der Waals surface area contributed by atoms with Crippen LogP contribution >= 0.6 is 0 Å². The van der Waals surface area contributed by atoms with Gasteiger partial charge in [-0.05, 0) is 110 Å². The van der Waals surface area contributed by atoms with E-state index in [1.807, 2.05) is 48.5 Å². The maximum absolute atomic E-state index is 14.0. The summed E-state index contributed by atoms with van der Waals surface area (Å²) in [5.41, 5.74) is 6.27. The molecule has 0 spiro atoms. The van der Waals surface area contributed by atoms with Crippen LogP contribution in [0.4, 0.5) is 31.7 Å². The van der Waals surface area contributed by atoms with E-state index < -0.39 is 23.6 Å². The van der Waals surface area contributed by atoms with E-state index in [1.54, 1.807) is 11.6 Å². The fourth-order valence-electron chi connectivity index (χ4n) is 8.97. The van der Waals surface area contributed by atoms with Crippen molar-refractivity contribution in [2.24, 2.45) is 7.05 Å². The number of benzene rings is 4. The van der Waals surface area contributed by atoms with E-state index in [-0.39, 0.29) is 30.0 Å². The molecule has 3 amide bonds. The highest BCUT2D eigenvalue weighted by atomic mass is 19.1. The number of piperazine rings is 1. The number of imide groups is 1. The number of carbonyl (C=O) groups is 3. The van der Waals surface area contributed by atoms with Crippen molar-refractivity contribution in [3.8, 4) is 0 Å².